The summed E-state index contributed by atoms with van der Waals surface area (Å²) in [6.45, 7) is -2.31. The van der Waals surface area contributed by atoms with E-state index in [1.807, 2.05) is 21.3 Å². The number of hydrogen-bond donors (Lipinski definition) is 12. The zero-order chi connectivity index (χ0) is 26.3. The Hall–Kier alpha value is -3.74. The third-order valence-electron chi connectivity index (χ3n) is 5.37. The fourth-order valence-electron chi connectivity index (χ4n) is 3.62. The minimum atomic E-state index is -2.37. The van der Waals surface area contributed by atoms with Gasteiger partial charge in [0.25, 0.3) is 11.8 Å². The molecule has 0 saturated carbocycles. The first kappa shape index (κ1) is 27.5. The Kier molecular flexibility index (Phi) is 8.74. The van der Waals surface area contributed by atoms with Crippen molar-refractivity contribution in [1.29, 1.82) is 0 Å². The molecule has 2 atom stereocenters. The van der Waals surface area contributed by atoms with E-state index in [1.54, 1.807) is 0 Å². The molecule has 2 fully saturated rings. The third-order valence-corrected chi connectivity index (χ3v) is 5.37. The van der Waals surface area contributed by atoms with Crippen molar-refractivity contribution in [2.45, 2.75) is 42.6 Å². The summed E-state index contributed by atoms with van der Waals surface area (Å²) in [6.07, 6.45) is -0.493. The van der Waals surface area contributed by atoms with Crippen molar-refractivity contribution >= 4 is 35.9 Å². The highest BCUT2D eigenvalue weighted by atomic mass is 16.3. The van der Waals surface area contributed by atoms with Gasteiger partial charge in [-0.05, 0) is 25.7 Å². The van der Waals surface area contributed by atoms with E-state index in [9.17, 15) is 39.0 Å². The first-order chi connectivity index (χ1) is 16.5. The van der Waals surface area contributed by atoms with Crippen molar-refractivity contribution in [3.8, 4) is 0 Å². The number of urea groups is 4. The number of nitrogens with one attached hydrogen (secondary N) is 8. The molecule has 2 rings (SSSR count). The lowest BCUT2D eigenvalue weighted by molar-refractivity contribution is -0.140. The van der Waals surface area contributed by atoms with Crippen LogP contribution in [-0.4, -0.2) is 99.8 Å². The van der Waals surface area contributed by atoms with E-state index in [1.165, 1.54) is 0 Å². The lowest BCUT2D eigenvalue weighted by Crippen LogP contribution is -2.75. The van der Waals surface area contributed by atoms with E-state index in [-0.39, 0.29) is 38.9 Å². The van der Waals surface area contributed by atoms with Crippen LogP contribution >= 0.6 is 0 Å². The first-order valence-electron chi connectivity index (χ1n) is 10.4. The molecule has 196 valence electrons. The zero-order valence-corrected chi connectivity index (χ0v) is 18.4. The number of amides is 10. The van der Waals surface area contributed by atoms with E-state index in [0.717, 1.165) is 0 Å². The second-order valence-corrected chi connectivity index (χ2v) is 7.75. The molecular formula is C17H28N8O10. The summed E-state index contributed by atoms with van der Waals surface area (Å²) >= 11 is 0. The summed E-state index contributed by atoms with van der Waals surface area (Å²) in [6, 6.07) is -4.16. The summed E-state index contributed by atoms with van der Waals surface area (Å²) in [5.41, 5.74) is -6.60. The Labute approximate surface area is 197 Å². The topological polar surface area (TPSA) is 280 Å². The van der Waals surface area contributed by atoms with E-state index >= 15 is 0 Å². The molecule has 0 bridgehead atoms. The third kappa shape index (κ3) is 5.85. The summed E-state index contributed by atoms with van der Waals surface area (Å²) in [4.78, 5) is 72.1. The maximum atomic E-state index is 12.6. The lowest BCUT2D eigenvalue weighted by Gasteiger charge is -2.42. The molecule has 0 aromatic rings. The van der Waals surface area contributed by atoms with Crippen LogP contribution in [0, 0.1) is 0 Å². The summed E-state index contributed by atoms with van der Waals surface area (Å²) in [7, 11) is 0. The fraction of sp³-hybridized carbons (Fsp3) is 0.647. The molecule has 18 heteroatoms. The Bertz CT molecular complexity index is 877. The van der Waals surface area contributed by atoms with Crippen LogP contribution in [0.1, 0.15) is 25.7 Å². The van der Waals surface area contributed by atoms with Crippen molar-refractivity contribution < 1.29 is 49.2 Å². The molecule has 35 heavy (non-hydrogen) atoms. The first-order valence-corrected chi connectivity index (χ1v) is 10.4. The Balaban J connectivity index is 2.05. The predicted molar refractivity (Wildman–Crippen MR) is 112 cm³/mol. The maximum Gasteiger partial charge on any atom is 0.323 e. The van der Waals surface area contributed by atoms with Crippen molar-refractivity contribution in [2.24, 2.45) is 0 Å². The van der Waals surface area contributed by atoms with Gasteiger partial charge in [0.1, 0.15) is 5.60 Å². The monoisotopic (exact) mass is 504 g/mol. The molecule has 2 heterocycles. The molecule has 0 aromatic carbocycles. The number of aliphatic hydroxyl groups is 4. The number of aliphatic hydroxyl groups excluding tert-OH is 3. The van der Waals surface area contributed by atoms with Gasteiger partial charge in [0, 0.05) is 13.2 Å². The minimum Gasteiger partial charge on any atom is -0.396 e. The van der Waals surface area contributed by atoms with Crippen molar-refractivity contribution in [2.75, 3.05) is 26.5 Å². The van der Waals surface area contributed by atoms with Gasteiger partial charge in [0.05, 0.1) is 13.3 Å². The van der Waals surface area contributed by atoms with Gasteiger partial charge in [-0.1, -0.05) is 0 Å². The van der Waals surface area contributed by atoms with Crippen LogP contribution < -0.4 is 42.5 Å². The molecule has 0 radical (unpaired) electrons. The van der Waals surface area contributed by atoms with Gasteiger partial charge in [-0.3, -0.25) is 20.2 Å². The average Bonchev–Trinajstić information content (AvgIpc) is 3.24. The molecule has 0 aliphatic carbocycles. The largest absolute Gasteiger partial charge is 0.396 e. The highest BCUT2D eigenvalue weighted by molar-refractivity contribution is 6.09. The maximum absolute atomic E-state index is 12.6. The molecule has 2 aliphatic heterocycles. The Morgan fingerprint density at radius 2 is 1.31 bits per heavy atom. The van der Waals surface area contributed by atoms with E-state index in [4.69, 9.17) is 10.2 Å². The Morgan fingerprint density at radius 3 is 1.74 bits per heavy atom. The second kappa shape index (κ2) is 11.1. The average molecular weight is 504 g/mol. The van der Waals surface area contributed by atoms with E-state index < -0.39 is 66.1 Å². The van der Waals surface area contributed by atoms with Crippen LogP contribution in [0.15, 0.2) is 0 Å². The standard InChI is InChI=1S/C17H28N8O10/c26-5-1-3-15(35,4-2-6-27)17(10(30)21-14(34)25-17)24-12(32)19-8-18-11(31)22-16(7-28)9(29)20-13(33)23-16/h26-28,35H,1-8H2,(H2,18,22,31)(H2,19,24,32)(H2,20,23,29,33)(H2,21,25,30,34). The number of rotatable bonds is 12. The van der Waals surface area contributed by atoms with Gasteiger partial charge >= 0.3 is 24.1 Å². The molecule has 18 nitrogen and oxygen atoms in total. The minimum absolute atomic E-state index is 0.00538. The molecular weight excluding hydrogens is 476 g/mol. The lowest BCUT2D eigenvalue weighted by atomic mass is 9.79. The number of imide groups is 2. The van der Waals surface area contributed by atoms with Gasteiger partial charge in [-0.25, -0.2) is 19.2 Å². The van der Waals surface area contributed by atoms with Gasteiger partial charge in [0.2, 0.25) is 11.3 Å². The molecule has 2 saturated heterocycles. The van der Waals surface area contributed by atoms with Crippen molar-refractivity contribution in [3.05, 3.63) is 0 Å². The smallest absolute Gasteiger partial charge is 0.323 e. The zero-order valence-electron chi connectivity index (χ0n) is 18.4. The van der Waals surface area contributed by atoms with Gasteiger partial charge < -0.3 is 52.3 Å². The highest BCUT2D eigenvalue weighted by Crippen LogP contribution is 2.32. The van der Waals surface area contributed by atoms with Crippen molar-refractivity contribution in [3.63, 3.8) is 0 Å². The van der Waals surface area contributed by atoms with Crippen LogP contribution in [0.4, 0.5) is 19.2 Å². The predicted octanol–water partition coefficient (Wildman–Crippen LogP) is -5.12. The molecule has 2 unspecified atom stereocenters. The molecule has 0 spiro atoms. The summed E-state index contributed by atoms with van der Waals surface area (Å²) < 4.78 is 0. The van der Waals surface area contributed by atoms with E-state index in [2.05, 4.69) is 21.3 Å². The normalized spacial score (nSPS) is 23.7. The highest BCUT2D eigenvalue weighted by Gasteiger charge is 2.61. The van der Waals surface area contributed by atoms with Crippen LogP contribution in [0.2, 0.25) is 0 Å². The van der Waals surface area contributed by atoms with Crippen LogP contribution in [-0.2, 0) is 9.59 Å². The molecule has 0 aromatic heterocycles. The van der Waals surface area contributed by atoms with Crippen LogP contribution in [0.3, 0.4) is 0 Å². The molecule has 2 aliphatic rings. The molecule has 12 N–H and O–H groups in total. The van der Waals surface area contributed by atoms with Crippen molar-refractivity contribution in [1.82, 2.24) is 42.5 Å². The summed E-state index contributed by atoms with van der Waals surface area (Å²) in [5, 5.41) is 55.4. The number of carbonyl (C=O) groups excluding carboxylic acids is 6. The summed E-state index contributed by atoms with van der Waals surface area (Å²) in [5.74, 6) is -2.10. The van der Waals surface area contributed by atoms with E-state index in [0.29, 0.717) is 0 Å². The van der Waals surface area contributed by atoms with Gasteiger partial charge in [-0.2, -0.15) is 0 Å². The van der Waals surface area contributed by atoms with Crippen LogP contribution in [0.5, 0.6) is 0 Å². The van der Waals surface area contributed by atoms with Gasteiger partial charge in [0.15, 0.2) is 0 Å². The quantitative estimate of drug-likeness (QED) is 0.0886. The number of hydrogen-bond acceptors (Lipinski definition) is 10. The van der Waals surface area contributed by atoms with Crippen LogP contribution in [0.25, 0.3) is 0 Å². The second-order valence-electron chi connectivity index (χ2n) is 7.75. The Morgan fingerprint density at radius 1 is 0.800 bits per heavy atom. The fourth-order valence-corrected chi connectivity index (χ4v) is 3.62. The SMILES string of the molecule is O=C(NCNC(=O)NC1(C(O)(CCCO)CCCO)NC(=O)NC1=O)NC1(CO)NC(=O)NC1=O. The number of carbonyl (C=O) groups is 6. The molecule has 10 amide bonds. The van der Waals surface area contributed by atoms with Gasteiger partial charge in [-0.15, -0.1) is 0 Å².